The Hall–Kier alpha value is -3.15. The van der Waals surface area contributed by atoms with E-state index >= 15 is 0 Å². The maximum absolute atomic E-state index is 12.3. The lowest BCUT2D eigenvalue weighted by Gasteiger charge is -2.32. The number of carbonyl (C=O) groups is 1. The van der Waals surface area contributed by atoms with Crippen molar-refractivity contribution < 1.29 is 19.4 Å². The van der Waals surface area contributed by atoms with Gasteiger partial charge in [0.05, 0.1) is 25.3 Å². The molecule has 3 aromatic rings. The molecule has 0 fully saturated rings. The Labute approximate surface area is 190 Å². The van der Waals surface area contributed by atoms with Crippen molar-refractivity contribution in [2.45, 2.75) is 38.5 Å². The van der Waals surface area contributed by atoms with Crippen molar-refractivity contribution in [3.8, 4) is 5.75 Å². The quantitative estimate of drug-likeness (QED) is 0.454. The van der Waals surface area contributed by atoms with Crippen molar-refractivity contribution in [3.63, 3.8) is 0 Å². The first-order chi connectivity index (χ1) is 15.4. The van der Waals surface area contributed by atoms with Crippen LogP contribution in [0.1, 0.15) is 46.9 Å². The average molecular weight is 434 g/mol. The Kier molecular flexibility index (Phi) is 8.03. The summed E-state index contributed by atoms with van der Waals surface area (Å²) in [6.45, 7) is 4.45. The first-order valence-electron chi connectivity index (χ1n) is 10.7. The van der Waals surface area contributed by atoms with Crippen LogP contribution < -0.4 is 10.1 Å². The van der Waals surface area contributed by atoms with E-state index in [2.05, 4.69) is 31.3 Å². The fraction of sp³-hybridized carbons (Fsp3) is 0.296. The molecule has 32 heavy (non-hydrogen) atoms. The van der Waals surface area contributed by atoms with Gasteiger partial charge in [0.15, 0.2) is 0 Å². The molecule has 0 saturated carbocycles. The van der Waals surface area contributed by atoms with Crippen LogP contribution in [0.25, 0.3) is 0 Å². The molecule has 0 aliphatic rings. The van der Waals surface area contributed by atoms with Crippen molar-refractivity contribution in [2.75, 3.05) is 13.7 Å². The summed E-state index contributed by atoms with van der Waals surface area (Å²) in [5.74, 6) is 0.101. The van der Waals surface area contributed by atoms with Crippen LogP contribution in [-0.4, -0.2) is 30.3 Å². The number of benzene rings is 3. The van der Waals surface area contributed by atoms with Gasteiger partial charge in [0.2, 0.25) is 0 Å². The Morgan fingerprint density at radius 3 is 2.19 bits per heavy atom. The van der Waals surface area contributed by atoms with E-state index in [0.29, 0.717) is 17.9 Å². The zero-order chi connectivity index (χ0) is 23.0. The van der Waals surface area contributed by atoms with Crippen molar-refractivity contribution in [1.29, 1.82) is 0 Å². The molecular formula is C27H31NO4. The van der Waals surface area contributed by atoms with Crippen molar-refractivity contribution in [3.05, 3.63) is 101 Å². The van der Waals surface area contributed by atoms with Gasteiger partial charge in [0.25, 0.3) is 0 Å². The molecule has 0 radical (unpaired) electrons. The summed E-state index contributed by atoms with van der Waals surface area (Å²) in [6, 6.07) is 24.9. The summed E-state index contributed by atoms with van der Waals surface area (Å²) < 4.78 is 10.9. The van der Waals surface area contributed by atoms with Gasteiger partial charge in [-0.15, -0.1) is 0 Å². The molecule has 3 aromatic carbocycles. The van der Waals surface area contributed by atoms with Crippen LogP contribution in [0.15, 0.2) is 78.9 Å². The summed E-state index contributed by atoms with van der Waals surface area (Å²) >= 11 is 0. The third-order valence-corrected chi connectivity index (χ3v) is 5.24. The highest BCUT2D eigenvalue weighted by molar-refractivity contribution is 5.90. The van der Waals surface area contributed by atoms with Crippen LogP contribution in [0.4, 0.5) is 0 Å². The second kappa shape index (κ2) is 10.9. The maximum Gasteiger partial charge on any atom is 0.337 e. The zero-order valence-corrected chi connectivity index (χ0v) is 18.9. The van der Waals surface area contributed by atoms with Gasteiger partial charge in [-0.1, -0.05) is 60.7 Å². The molecule has 0 saturated heterocycles. The molecule has 0 bridgehead atoms. The summed E-state index contributed by atoms with van der Waals surface area (Å²) in [4.78, 5) is 12.3. The molecule has 0 aromatic heterocycles. The largest absolute Gasteiger partial charge is 0.489 e. The molecule has 0 spiro atoms. The first kappa shape index (κ1) is 23.5. The minimum Gasteiger partial charge on any atom is -0.489 e. The molecule has 1 unspecified atom stereocenters. The summed E-state index contributed by atoms with van der Waals surface area (Å²) in [5, 5.41) is 13.7. The second-order valence-corrected chi connectivity index (χ2v) is 8.48. The van der Waals surface area contributed by atoms with E-state index in [1.807, 2.05) is 54.6 Å². The van der Waals surface area contributed by atoms with Gasteiger partial charge in [-0.2, -0.15) is 0 Å². The predicted molar refractivity (Wildman–Crippen MR) is 126 cm³/mol. The van der Waals surface area contributed by atoms with Gasteiger partial charge < -0.3 is 19.9 Å². The smallest absolute Gasteiger partial charge is 0.337 e. The van der Waals surface area contributed by atoms with Crippen molar-refractivity contribution in [2.24, 2.45) is 0 Å². The Morgan fingerprint density at radius 2 is 1.59 bits per heavy atom. The highest BCUT2D eigenvalue weighted by Gasteiger charge is 2.24. The van der Waals surface area contributed by atoms with Gasteiger partial charge >= 0.3 is 5.97 Å². The van der Waals surface area contributed by atoms with Crippen LogP contribution in [0.2, 0.25) is 0 Å². The molecule has 168 valence electrons. The Morgan fingerprint density at radius 1 is 0.969 bits per heavy atom. The number of aliphatic hydroxyl groups is 1. The van der Waals surface area contributed by atoms with E-state index in [1.165, 1.54) is 12.7 Å². The molecule has 2 N–H and O–H groups in total. The topological polar surface area (TPSA) is 67.8 Å². The number of aliphatic hydroxyl groups excluding tert-OH is 1. The van der Waals surface area contributed by atoms with Crippen LogP contribution in [0, 0.1) is 0 Å². The lowest BCUT2D eigenvalue weighted by atomic mass is 9.92. The van der Waals surface area contributed by atoms with Gasteiger partial charge in [-0.05, 0) is 55.2 Å². The fourth-order valence-electron chi connectivity index (χ4n) is 3.75. The van der Waals surface area contributed by atoms with Crippen LogP contribution in [0.5, 0.6) is 5.75 Å². The SMILES string of the molecule is COC(=O)c1cc(OCc2ccccc2)cc(C(CO)NC(C)(C)Cc2ccccc2)c1. The van der Waals surface area contributed by atoms with E-state index in [4.69, 9.17) is 9.47 Å². The van der Waals surface area contributed by atoms with E-state index in [0.717, 1.165) is 17.5 Å². The summed E-state index contributed by atoms with van der Waals surface area (Å²) in [5.41, 5.74) is 3.09. The Bertz CT molecular complexity index is 1000. The molecule has 5 heteroatoms. The predicted octanol–water partition coefficient (Wildman–Crippen LogP) is 4.70. The summed E-state index contributed by atoms with van der Waals surface area (Å²) in [7, 11) is 1.35. The maximum atomic E-state index is 12.3. The molecule has 0 aliphatic carbocycles. The minimum absolute atomic E-state index is 0.124. The highest BCUT2D eigenvalue weighted by atomic mass is 16.5. The number of hydrogen-bond acceptors (Lipinski definition) is 5. The molecule has 0 amide bonds. The molecule has 3 rings (SSSR count). The van der Waals surface area contributed by atoms with E-state index in [1.54, 1.807) is 12.1 Å². The average Bonchev–Trinajstić information content (AvgIpc) is 2.81. The number of esters is 1. The molecular weight excluding hydrogens is 402 g/mol. The highest BCUT2D eigenvalue weighted by Crippen LogP contribution is 2.26. The first-order valence-corrected chi connectivity index (χ1v) is 10.7. The lowest BCUT2D eigenvalue weighted by molar-refractivity contribution is 0.0600. The monoisotopic (exact) mass is 433 g/mol. The third-order valence-electron chi connectivity index (χ3n) is 5.24. The van der Waals surface area contributed by atoms with Gasteiger partial charge in [-0.25, -0.2) is 4.79 Å². The van der Waals surface area contributed by atoms with Crippen LogP contribution in [0.3, 0.4) is 0 Å². The minimum atomic E-state index is -0.448. The molecule has 5 nitrogen and oxygen atoms in total. The molecule has 1 atom stereocenters. The van der Waals surface area contributed by atoms with Crippen LogP contribution >= 0.6 is 0 Å². The zero-order valence-electron chi connectivity index (χ0n) is 18.9. The standard InChI is InChI=1S/C27H31NO4/c1-27(2,17-20-10-6-4-7-11-20)28-25(18-29)22-14-23(26(30)31-3)16-24(15-22)32-19-21-12-8-5-9-13-21/h4-16,25,28-29H,17-19H2,1-3H3. The normalized spacial score (nSPS) is 12.2. The third kappa shape index (κ3) is 6.67. The molecule has 0 heterocycles. The number of nitrogens with one attached hydrogen (secondary N) is 1. The van der Waals surface area contributed by atoms with Gasteiger partial charge in [0.1, 0.15) is 12.4 Å². The van der Waals surface area contributed by atoms with Crippen molar-refractivity contribution >= 4 is 5.97 Å². The van der Waals surface area contributed by atoms with E-state index in [-0.39, 0.29) is 18.2 Å². The molecule has 0 aliphatic heterocycles. The van der Waals surface area contributed by atoms with Gasteiger partial charge in [0, 0.05) is 5.54 Å². The van der Waals surface area contributed by atoms with Crippen LogP contribution in [-0.2, 0) is 17.8 Å². The fourth-order valence-corrected chi connectivity index (χ4v) is 3.75. The van der Waals surface area contributed by atoms with Gasteiger partial charge in [-0.3, -0.25) is 0 Å². The Balaban J connectivity index is 1.83. The van der Waals surface area contributed by atoms with E-state index in [9.17, 15) is 9.90 Å². The second-order valence-electron chi connectivity index (χ2n) is 8.48. The number of ether oxygens (including phenoxy) is 2. The number of carbonyl (C=O) groups excluding carboxylic acids is 1. The number of methoxy groups -OCH3 is 1. The van der Waals surface area contributed by atoms with E-state index < -0.39 is 5.97 Å². The summed E-state index contributed by atoms with van der Waals surface area (Å²) in [6.07, 6.45) is 0.790. The number of rotatable bonds is 10. The lowest BCUT2D eigenvalue weighted by Crippen LogP contribution is -2.44. The van der Waals surface area contributed by atoms with Crippen molar-refractivity contribution in [1.82, 2.24) is 5.32 Å². The number of hydrogen-bond donors (Lipinski definition) is 2.